The molecule has 0 aromatic heterocycles. The van der Waals surface area contributed by atoms with Gasteiger partial charge in [0, 0.05) is 16.6 Å². The zero-order valence-electron chi connectivity index (χ0n) is 10.0. The summed E-state index contributed by atoms with van der Waals surface area (Å²) in [6, 6.07) is 7.05. The van der Waals surface area contributed by atoms with Crippen molar-refractivity contribution < 1.29 is 9.90 Å². The van der Waals surface area contributed by atoms with E-state index in [1.165, 1.54) is 11.8 Å². The fraction of sp³-hybridized carbons (Fsp3) is 0.417. The molecule has 0 heterocycles. The van der Waals surface area contributed by atoms with Crippen LogP contribution in [0.15, 0.2) is 24.3 Å². The molecule has 5 heteroatoms. The van der Waals surface area contributed by atoms with Gasteiger partial charge in [0.05, 0.1) is 11.9 Å². The fourth-order valence-electron chi connectivity index (χ4n) is 1.16. The lowest BCUT2D eigenvalue weighted by molar-refractivity contribution is -0.113. The molecule has 0 aliphatic carbocycles. The van der Waals surface area contributed by atoms with Gasteiger partial charge in [-0.15, -0.1) is 11.8 Å². The highest BCUT2D eigenvalue weighted by atomic mass is 32.2. The van der Waals surface area contributed by atoms with Crippen LogP contribution < -0.4 is 11.1 Å². The number of carbonyl (C=O) groups is 1. The maximum atomic E-state index is 11.6. The molecule has 0 spiro atoms. The van der Waals surface area contributed by atoms with Crippen molar-refractivity contribution >= 4 is 29.0 Å². The molecule has 2 unspecified atom stereocenters. The Bertz CT molecular complexity index is 383. The SMILES string of the molecule is CC(O)C(C)SCC(=O)Nc1cccc(N)c1. The molecule has 1 amide bonds. The van der Waals surface area contributed by atoms with E-state index in [1.54, 1.807) is 31.2 Å². The highest BCUT2D eigenvalue weighted by molar-refractivity contribution is 8.00. The lowest BCUT2D eigenvalue weighted by atomic mass is 10.3. The Morgan fingerprint density at radius 3 is 2.82 bits per heavy atom. The highest BCUT2D eigenvalue weighted by Gasteiger charge is 2.11. The van der Waals surface area contributed by atoms with Crippen LogP contribution in [0.4, 0.5) is 11.4 Å². The number of rotatable bonds is 5. The van der Waals surface area contributed by atoms with Gasteiger partial charge in [-0.3, -0.25) is 4.79 Å². The van der Waals surface area contributed by atoms with Crippen molar-refractivity contribution in [1.82, 2.24) is 0 Å². The predicted octanol–water partition coefficient (Wildman–Crippen LogP) is 1.71. The third-order valence-electron chi connectivity index (χ3n) is 2.33. The molecule has 1 rings (SSSR count). The van der Waals surface area contributed by atoms with Crippen molar-refractivity contribution in [3.8, 4) is 0 Å². The first-order valence-corrected chi connectivity index (χ1v) is 6.49. The topological polar surface area (TPSA) is 75.3 Å². The number of amides is 1. The molecule has 0 bridgehead atoms. The zero-order chi connectivity index (χ0) is 12.8. The molecule has 0 saturated carbocycles. The van der Waals surface area contributed by atoms with Crippen LogP contribution in [0.25, 0.3) is 0 Å². The summed E-state index contributed by atoms with van der Waals surface area (Å²) in [5.41, 5.74) is 6.92. The Morgan fingerprint density at radius 2 is 2.24 bits per heavy atom. The van der Waals surface area contributed by atoms with Gasteiger partial charge in [-0.25, -0.2) is 0 Å². The van der Waals surface area contributed by atoms with Gasteiger partial charge < -0.3 is 16.2 Å². The summed E-state index contributed by atoms with van der Waals surface area (Å²) in [6.07, 6.45) is -0.417. The number of nitrogens with one attached hydrogen (secondary N) is 1. The van der Waals surface area contributed by atoms with Gasteiger partial charge in [0.25, 0.3) is 0 Å². The number of benzene rings is 1. The van der Waals surface area contributed by atoms with Crippen LogP contribution in [0.3, 0.4) is 0 Å². The normalized spacial score (nSPS) is 14.1. The second kappa shape index (κ2) is 6.51. The van der Waals surface area contributed by atoms with E-state index in [4.69, 9.17) is 5.73 Å². The summed E-state index contributed by atoms with van der Waals surface area (Å²) in [5.74, 6) is 0.231. The Labute approximate surface area is 106 Å². The number of carbonyl (C=O) groups excluding carboxylic acids is 1. The van der Waals surface area contributed by atoms with Crippen molar-refractivity contribution in [2.24, 2.45) is 0 Å². The van der Waals surface area contributed by atoms with Crippen LogP contribution in [0.1, 0.15) is 13.8 Å². The second-order valence-corrected chi connectivity index (χ2v) is 5.30. The van der Waals surface area contributed by atoms with Crippen molar-refractivity contribution in [3.63, 3.8) is 0 Å². The number of hydrogen-bond donors (Lipinski definition) is 3. The largest absolute Gasteiger partial charge is 0.399 e. The van der Waals surface area contributed by atoms with Gasteiger partial charge >= 0.3 is 0 Å². The van der Waals surface area contributed by atoms with Gasteiger partial charge in [0.15, 0.2) is 0 Å². The Balaban J connectivity index is 2.40. The van der Waals surface area contributed by atoms with E-state index in [0.717, 1.165) is 0 Å². The predicted molar refractivity (Wildman–Crippen MR) is 73.1 cm³/mol. The third-order valence-corrected chi connectivity index (χ3v) is 3.68. The van der Waals surface area contributed by atoms with E-state index in [0.29, 0.717) is 17.1 Å². The molecule has 1 aromatic rings. The monoisotopic (exact) mass is 254 g/mol. The summed E-state index contributed by atoms with van der Waals surface area (Å²) in [6.45, 7) is 3.61. The molecule has 4 N–H and O–H groups in total. The Kier molecular flexibility index (Phi) is 5.31. The van der Waals surface area contributed by atoms with Crippen molar-refractivity contribution in [2.45, 2.75) is 25.2 Å². The molecular formula is C12H18N2O2S. The fourth-order valence-corrected chi connectivity index (χ4v) is 1.92. The van der Waals surface area contributed by atoms with Crippen LogP contribution in [-0.4, -0.2) is 28.1 Å². The molecule has 0 fully saturated rings. The molecule has 0 aliphatic heterocycles. The zero-order valence-corrected chi connectivity index (χ0v) is 10.8. The second-order valence-electron chi connectivity index (χ2n) is 3.93. The van der Waals surface area contributed by atoms with Crippen LogP contribution in [0.2, 0.25) is 0 Å². The summed E-state index contributed by atoms with van der Waals surface area (Å²) in [7, 11) is 0. The third kappa shape index (κ3) is 5.10. The number of nitrogens with two attached hydrogens (primary N) is 1. The lowest BCUT2D eigenvalue weighted by Gasteiger charge is -2.13. The molecule has 1 aromatic carbocycles. The first-order chi connectivity index (χ1) is 7.99. The number of aliphatic hydroxyl groups is 1. The van der Waals surface area contributed by atoms with E-state index < -0.39 is 6.10 Å². The quantitative estimate of drug-likeness (QED) is 0.699. The van der Waals surface area contributed by atoms with Crippen LogP contribution >= 0.6 is 11.8 Å². The molecular weight excluding hydrogens is 236 g/mol. The summed E-state index contributed by atoms with van der Waals surface area (Å²) in [4.78, 5) is 11.6. The van der Waals surface area contributed by atoms with E-state index in [1.807, 2.05) is 6.92 Å². The maximum Gasteiger partial charge on any atom is 0.234 e. The van der Waals surface area contributed by atoms with Gasteiger partial charge in [-0.05, 0) is 25.1 Å². The molecule has 0 saturated heterocycles. The summed E-state index contributed by atoms with van der Waals surface area (Å²) >= 11 is 1.42. The van der Waals surface area contributed by atoms with E-state index in [2.05, 4.69) is 5.32 Å². The smallest absolute Gasteiger partial charge is 0.234 e. The molecule has 94 valence electrons. The standard InChI is InChI=1S/C12H18N2O2S/c1-8(15)9(2)17-7-12(16)14-11-5-3-4-10(13)6-11/h3-6,8-9,15H,7,13H2,1-2H3,(H,14,16). The van der Waals surface area contributed by atoms with E-state index >= 15 is 0 Å². The van der Waals surface area contributed by atoms with Crippen molar-refractivity contribution in [1.29, 1.82) is 0 Å². The first kappa shape index (κ1) is 13.9. The molecule has 0 aliphatic rings. The average molecular weight is 254 g/mol. The maximum absolute atomic E-state index is 11.6. The Morgan fingerprint density at radius 1 is 1.53 bits per heavy atom. The number of thioether (sulfide) groups is 1. The molecule has 0 radical (unpaired) electrons. The van der Waals surface area contributed by atoms with Crippen molar-refractivity contribution in [2.75, 3.05) is 16.8 Å². The van der Waals surface area contributed by atoms with E-state index in [-0.39, 0.29) is 11.2 Å². The first-order valence-electron chi connectivity index (χ1n) is 5.44. The van der Waals surface area contributed by atoms with Crippen LogP contribution in [0, 0.1) is 0 Å². The van der Waals surface area contributed by atoms with Crippen molar-refractivity contribution in [3.05, 3.63) is 24.3 Å². The number of aliphatic hydroxyl groups excluding tert-OH is 1. The number of hydrogen-bond acceptors (Lipinski definition) is 4. The number of nitrogen functional groups attached to an aromatic ring is 1. The van der Waals surface area contributed by atoms with E-state index in [9.17, 15) is 9.90 Å². The minimum absolute atomic E-state index is 0.0431. The summed E-state index contributed by atoms with van der Waals surface area (Å²) < 4.78 is 0. The molecule has 17 heavy (non-hydrogen) atoms. The molecule has 4 nitrogen and oxygen atoms in total. The van der Waals surface area contributed by atoms with Gasteiger partial charge in [-0.2, -0.15) is 0 Å². The minimum Gasteiger partial charge on any atom is -0.399 e. The van der Waals surface area contributed by atoms with Crippen LogP contribution in [0.5, 0.6) is 0 Å². The minimum atomic E-state index is -0.417. The highest BCUT2D eigenvalue weighted by Crippen LogP contribution is 2.16. The summed E-state index contributed by atoms with van der Waals surface area (Å²) in [5, 5.41) is 12.1. The van der Waals surface area contributed by atoms with Crippen LogP contribution in [-0.2, 0) is 4.79 Å². The van der Waals surface area contributed by atoms with Gasteiger partial charge in [-0.1, -0.05) is 13.0 Å². The lowest BCUT2D eigenvalue weighted by Crippen LogP contribution is -2.20. The van der Waals surface area contributed by atoms with Gasteiger partial charge in [0.1, 0.15) is 0 Å². The Hall–Kier alpha value is -1.20. The average Bonchev–Trinajstić information content (AvgIpc) is 2.25. The molecule has 2 atom stereocenters. The van der Waals surface area contributed by atoms with Gasteiger partial charge in [0.2, 0.25) is 5.91 Å². The number of anilines is 2.